The van der Waals surface area contributed by atoms with Crippen molar-refractivity contribution in [2.24, 2.45) is 0 Å². The van der Waals surface area contributed by atoms with Crippen molar-refractivity contribution >= 4 is 38.9 Å². The van der Waals surface area contributed by atoms with Crippen LogP contribution in [0.1, 0.15) is 21.1 Å². The molecule has 1 N–H and O–H groups in total. The first-order chi connectivity index (χ1) is 13.2. The van der Waals surface area contributed by atoms with Gasteiger partial charge in [0, 0.05) is 16.3 Å². The van der Waals surface area contributed by atoms with Crippen molar-refractivity contribution in [1.29, 1.82) is 0 Å². The average Bonchev–Trinajstić information content (AvgIpc) is 3.35. The van der Waals surface area contributed by atoms with Crippen LogP contribution in [0, 0.1) is 0 Å². The number of halogens is 1. The highest BCUT2D eigenvalue weighted by atomic mass is 79.9. The Bertz CT molecular complexity index is 1060. The third kappa shape index (κ3) is 4.12. The minimum Gasteiger partial charge on any atom is -0.319 e. The summed E-state index contributed by atoms with van der Waals surface area (Å²) in [6.45, 7) is 0. The summed E-state index contributed by atoms with van der Waals surface area (Å²) in [5.74, 6) is -0.259. The van der Waals surface area contributed by atoms with E-state index in [-0.39, 0.29) is 5.91 Å². The van der Waals surface area contributed by atoms with Crippen LogP contribution in [0.25, 0.3) is 5.69 Å². The van der Waals surface area contributed by atoms with Crippen LogP contribution in [-0.4, -0.2) is 25.7 Å². The molecule has 2 heterocycles. The van der Waals surface area contributed by atoms with E-state index in [4.69, 9.17) is 0 Å². The standard InChI is InChI=1S/C19H14BrN5OS/c20-14-6-7-17(25-12-21-11-22-25)15(9-14)24-19(26)16-10-27-18(23-16)8-13-4-2-1-3-5-13/h1-7,9-12H,8H2,(H,24,26). The fraction of sp³-hybridized carbons (Fsp3) is 0.0526. The quantitative estimate of drug-likeness (QED) is 0.502. The molecule has 27 heavy (non-hydrogen) atoms. The predicted octanol–water partition coefficient (Wildman–Crippen LogP) is 4.33. The van der Waals surface area contributed by atoms with Gasteiger partial charge in [-0.1, -0.05) is 46.3 Å². The zero-order chi connectivity index (χ0) is 18.6. The van der Waals surface area contributed by atoms with Crippen molar-refractivity contribution < 1.29 is 4.79 Å². The maximum absolute atomic E-state index is 12.7. The van der Waals surface area contributed by atoms with Crippen LogP contribution in [0.5, 0.6) is 0 Å². The first-order valence-electron chi connectivity index (χ1n) is 8.13. The Balaban J connectivity index is 1.54. The number of hydrogen-bond acceptors (Lipinski definition) is 5. The van der Waals surface area contributed by atoms with Crippen LogP contribution in [0.3, 0.4) is 0 Å². The van der Waals surface area contributed by atoms with Gasteiger partial charge < -0.3 is 5.32 Å². The molecule has 0 aliphatic rings. The second-order valence-corrected chi connectivity index (χ2v) is 7.60. The van der Waals surface area contributed by atoms with Gasteiger partial charge >= 0.3 is 0 Å². The fourth-order valence-electron chi connectivity index (χ4n) is 2.59. The van der Waals surface area contributed by atoms with Gasteiger partial charge in [-0.15, -0.1) is 11.3 Å². The van der Waals surface area contributed by atoms with Gasteiger partial charge in [0.2, 0.25) is 0 Å². The molecule has 1 amide bonds. The molecule has 0 atom stereocenters. The molecule has 0 radical (unpaired) electrons. The number of benzene rings is 2. The Morgan fingerprint density at radius 3 is 2.81 bits per heavy atom. The number of aromatic nitrogens is 4. The summed E-state index contributed by atoms with van der Waals surface area (Å²) in [4.78, 5) is 21.1. The molecule has 0 saturated carbocycles. The summed E-state index contributed by atoms with van der Waals surface area (Å²) in [6, 6.07) is 15.6. The SMILES string of the molecule is O=C(Nc1cc(Br)ccc1-n1cncn1)c1csc(Cc2ccccc2)n1. The van der Waals surface area contributed by atoms with Gasteiger partial charge in [0.15, 0.2) is 0 Å². The number of anilines is 1. The molecule has 2 aromatic heterocycles. The topological polar surface area (TPSA) is 72.7 Å². The third-order valence-electron chi connectivity index (χ3n) is 3.85. The molecular weight excluding hydrogens is 426 g/mol. The lowest BCUT2D eigenvalue weighted by Gasteiger charge is -2.10. The molecule has 0 unspecified atom stereocenters. The van der Waals surface area contributed by atoms with Crippen LogP contribution < -0.4 is 5.32 Å². The van der Waals surface area contributed by atoms with E-state index in [9.17, 15) is 4.79 Å². The van der Waals surface area contributed by atoms with Gasteiger partial charge in [-0.05, 0) is 23.8 Å². The summed E-state index contributed by atoms with van der Waals surface area (Å²) >= 11 is 4.92. The fourth-order valence-corrected chi connectivity index (χ4v) is 3.76. The molecule has 8 heteroatoms. The normalized spacial score (nSPS) is 10.7. The number of thiazole rings is 1. The number of carbonyl (C=O) groups is 1. The molecule has 0 spiro atoms. The molecular formula is C19H14BrN5OS. The van der Waals surface area contributed by atoms with Crippen molar-refractivity contribution in [3.05, 3.63) is 87.3 Å². The van der Waals surface area contributed by atoms with E-state index in [2.05, 4.69) is 36.3 Å². The third-order valence-corrected chi connectivity index (χ3v) is 5.20. The number of hydrogen-bond donors (Lipinski definition) is 1. The molecule has 0 aliphatic heterocycles. The molecule has 134 valence electrons. The number of amides is 1. The first kappa shape index (κ1) is 17.6. The second kappa shape index (κ2) is 7.81. The van der Waals surface area contributed by atoms with Gasteiger partial charge in [-0.3, -0.25) is 4.79 Å². The van der Waals surface area contributed by atoms with Gasteiger partial charge in [0.25, 0.3) is 5.91 Å². The summed E-state index contributed by atoms with van der Waals surface area (Å²) in [5, 5.41) is 9.73. The lowest BCUT2D eigenvalue weighted by atomic mass is 10.2. The molecule has 4 aromatic rings. The van der Waals surface area contributed by atoms with E-state index in [0.29, 0.717) is 17.8 Å². The lowest BCUT2D eigenvalue weighted by Crippen LogP contribution is -2.14. The summed E-state index contributed by atoms with van der Waals surface area (Å²) in [5.41, 5.74) is 2.91. The molecule has 0 fully saturated rings. The smallest absolute Gasteiger partial charge is 0.275 e. The monoisotopic (exact) mass is 439 g/mol. The zero-order valence-electron chi connectivity index (χ0n) is 14.0. The van der Waals surface area contributed by atoms with E-state index in [1.54, 1.807) is 16.4 Å². The Kier molecular flexibility index (Phi) is 5.08. The highest BCUT2D eigenvalue weighted by molar-refractivity contribution is 9.10. The van der Waals surface area contributed by atoms with E-state index < -0.39 is 0 Å². The van der Waals surface area contributed by atoms with Gasteiger partial charge in [0.05, 0.1) is 16.4 Å². The first-order valence-corrected chi connectivity index (χ1v) is 9.80. The molecule has 2 aromatic carbocycles. The minimum atomic E-state index is -0.259. The van der Waals surface area contributed by atoms with Crippen molar-refractivity contribution in [1.82, 2.24) is 19.7 Å². The van der Waals surface area contributed by atoms with Crippen molar-refractivity contribution in [2.45, 2.75) is 6.42 Å². The molecule has 6 nitrogen and oxygen atoms in total. The number of nitrogens with zero attached hydrogens (tertiary/aromatic N) is 4. The van der Waals surface area contributed by atoms with Crippen LogP contribution in [-0.2, 0) is 6.42 Å². The summed E-state index contributed by atoms with van der Waals surface area (Å²) < 4.78 is 2.45. The van der Waals surface area contributed by atoms with E-state index in [1.165, 1.54) is 23.2 Å². The highest BCUT2D eigenvalue weighted by Crippen LogP contribution is 2.25. The van der Waals surface area contributed by atoms with Crippen LogP contribution in [0.4, 0.5) is 5.69 Å². The number of nitrogens with one attached hydrogen (secondary N) is 1. The van der Waals surface area contributed by atoms with Crippen molar-refractivity contribution in [3.8, 4) is 5.69 Å². The number of rotatable bonds is 5. The maximum Gasteiger partial charge on any atom is 0.275 e. The maximum atomic E-state index is 12.7. The second-order valence-electron chi connectivity index (χ2n) is 5.74. The van der Waals surface area contributed by atoms with E-state index >= 15 is 0 Å². The highest BCUT2D eigenvalue weighted by Gasteiger charge is 2.15. The van der Waals surface area contributed by atoms with Crippen LogP contribution >= 0.6 is 27.3 Å². The summed E-state index contributed by atoms with van der Waals surface area (Å²) in [6.07, 6.45) is 3.74. The molecule has 0 aliphatic carbocycles. The summed E-state index contributed by atoms with van der Waals surface area (Å²) in [7, 11) is 0. The van der Waals surface area contributed by atoms with Gasteiger partial charge in [0.1, 0.15) is 18.3 Å². The van der Waals surface area contributed by atoms with E-state index in [0.717, 1.165) is 15.2 Å². The molecule has 0 saturated heterocycles. The van der Waals surface area contributed by atoms with Crippen LogP contribution in [0.15, 0.2) is 71.0 Å². The van der Waals surface area contributed by atoms with Crippen molar-refractivity contribution in [3.63, 3.8) is 0 Å². The Morgan fingerprint density at radius 1 is 1.19 bits per heavy atom. The van der Waals surface area contributed by atoms with Crippen molar-refractivity contribution in [2.75, 3.05) is 5.32 Å². The van der Waals surface area contributed by atoms with Gasteiger partial charge in [-0.2, -0.15) is 5.10 Å². The largest absolute Gasteiger partial charge is 0.319 e. The predicted molar refractivity (Wildman–Crippen MR) is 108 cm³/mol. The Morgan fingerprint density at radius 2 is 2.04 bits per heavy atom. The minimum absolute atomic E-state index is 0.259. The Labute approximate surface area is 168 Å². The molecule has 4 rings (SSSR count). The lowest BCUT2D eigenvalue weighted by molar-refractivity contribution is 0.102. The number of carbonyl (C=O) groups excluding carboxylic acids is 1. The Hall–Kier alpha value is -2.84. The van der Waals surface area contributed by atoms with Crippen LogP contribution in [0.2, 0.25) is 0 Å². The molecule has 0 bridgehead atoms. The van der Waals surface area contributed by atoms with Gasteiger partial charge in [-0.25, -0.2) is 14.6 Å². The van der Waals surface area contributed by atoms with E-state index in [1.807, 2.05) is 48.5 Å². The zero-order valence-corrected chi connectivity index (χ0v) is 16.4. The average molecular weight is 440 g/mol.